The van der Waals surface area contributed by atoms with Gasteiger partial charge in [-0.3, -0.25) is 0 Å². The molecular weight excluding hydrogens is 252 g/mol. The van der Waals surface area contributed by atoms with Gasteiger partial charge in [0.15, 0.2) is 0 Å². The Morgan fingerprint density at radius 3 is 3.20 bits per heavy atom. The number of fused-ring (bicyclic) bond motifs is 1. The fourth-order valence-electron chi connectivity index (χ4n) is 3.15. The topological polar surface area (TPSA) is 87.0 Å². The lowest BCUT2D eigenvalue weighted by molar-refractivity contribution is -0.000880. The molecule has 5 heteroatoms. The van der Waals surface area contributed by atoms with Gasteiger partial charge in [-0.25, -0.2) is 4.98 Å². The van der Waals surface area contributed by atoms with Crippen LogP contribution in [0.15, 0.2) is 18.2 Å². The summed E-state index contributed by atoms with van der Waals surface area (Å²) in [5.74, 6) is 1.28. The van der Waals surface area contributed by atoms with Gasteiger partial charge in [0.05, 0.1) is 16.6 Å². The van der Waals surface area contributed by atoms with E-state index in [1.807, 2.05) is 18.2 Å². The molecule has 1 aliphatic carbocycles. The Kier molecular flexibility index (Phi) is 3.30. The van der Waals surface area contributed by atoms with Crippen molar-refractivity contribution in [3.63, 3.8) is 0 Å². The first-order chi connectivity index (χ1) is 9.54. The van der Waals surface area contributed by atoms with Crippen LogP contribution >= 0.6 is 0 Å². The van der Waals surface area contributed by atoms with Crippen LogP contribution in [0.3, 0.4) is 0 Å². The van der Waals surface area contributed by atoms with Gasteiger partial charge in [0.25, 0.3) is 0 Å². The highest BCUT2D eigenvalue weighted by Crippen LogP contribution is 2.32. The number of hydrogen-bond donors (Lipinski definition) is 4. The molecular formula is C15H22N4O. The Labute approximate surface area is 118 Å². The Balaban J connectivity index is 1.70. The fraction of sp³-hybridized carbons (Fsp3) is 0.533. The highest BCUT2D eigenvalue weighted by atomic mass is 16.3. The third-order valence-electron chi connectivity index (χ3n) is 4.16. The maximum absolute atomic E-state index is 10.6. The summed E-state index contributed by atoms with van der Waals surface area (Å²) in [6.45, 7) is 2.74. The lowest BCUT2D eigenvalue weighted by Crippen LogP contribution is -2.41. The quantitative estimate of drug-likeness (QED) is 0.648. The van der Waals surface area contributed by atoms with Crippen LogP contribution in [0.1, 0.15) is 32.6 Å². The molecule has 20 heavy (non-hydrogen) atoms. The number of hydrogen-bond acceptors (Lipinski definition) is 4. The normalized spacial score (nSPS) is 26.8. The molecule has 1 aromatic heterocycles. The smallest absolute Gasteiger partial charge is 0.201 e. The third kappa shape index (κ3) is 2.72. The van der Waals surface area contributed by atoms with E-state index >= 15 is 0 Å². The zero-order chi connectivity index (χ0) is 14.2. The SMILES string of the molecule is CC1CCCC(O)(CNc2nc3ccc(N)cc3[nH]2)C1. The summed E-state index contributed by atoms with van der Waals surface area (Å²) in [7, 11) is 0. The average Bonchev–Trinajstić information content (AvgIpc) is 2.78. The summed E-state index contributed by atoms with van der Waals surface area (Å²) < 4.78 is 0. The fourth-order valence-corrected chi connectivity index (χ4v) is 3.15. The van der Waals surface area contributed by atoms with Crippen molar-refractivity contribution in [2.24, 2.45) is 5.92 Å². The lowest BCUT2D eigenvalue weighted by atomic mass is 9.79. The molecule has 2 unspecified atom stereocenters. The van der Waals surface area contributed by atoms with Crippen LogP contribution in [0.25, 0.3) is 11.0 Å². The predicted octanol–water partition coefficient (Wildman–Crippen LogP) is 2.50. The number of nitrogens with zero attached hydrogens (tertiary/aromatic N) is 1. The van der Waals surface area contributed by atoms with Crippen molar-refractivity contribution in [1.29, 1.82) is 0 Å². The molecule has 1 aliphatic rings. The Bertz CT molecular complexity index is 609. The molecule has 1 aromatic carbocycles. The van der Waals surface area contributed by atoms with Gasteiger partial charge in [0.2, 0.25) is 5.95 Å². The number of aliphatic hydroxyl groups is 1. The van der Waals surface area contributed by atoms with E-state index < -0.39 is 5.60 Å². The molecule has 5 N–H and O–H groups in total. The van der Waals surface area contributed by atoms with Crippen LogP contribution in [0.5, 0.6) is 0 Å². The van der Waals surface area contributed by atoms with Gasteiger partial charge in [0, 0.05) is 12.2 Å². The van der Waals surface area contributed by atoms with E-state index in [4.69, 9.17) is 5.73 Å². The highest BCUT2D eigenvalue weighted by Gasteiger charge is 2.32. The third-order valence-corrected chi connectivity index (χ3v) is 4.16. The summed E-state index contributed by atoms with van der Waals surface area (Å²) in [5, 5.41) is 13.8. The predicted molar refractivity (Wildman–Crippen MR) is 81.6 cm³/mol. The van der Waals surface area contributed by atoms with Crippen LogP contribution in [0, 0.1) is 5.92 Å². The molecule has 0 radical (unpaired) electrons. The Morgan fingerprint density at radius 2 is 2.40 bits per heavy atom. The average molecular weight is 274 g/mol. The second-order valence-electron chi connectivity index (χ2n) is 6.14. The van der Waals surface area contributed by atoms with Crippen LogP contribution in [0.2, 0.25) is 0 Å². The minimum atomic E-state index is -0.615. The summed E-state index contributed by atoms with van der Waals surface area (Å²) in [6.07, 6.45) is 4.02. The molecule has 2 aromatic rings. The van der Waals surface area contributed by atoms with E-state index in [9.17, 15) is 5.11 Å². The number of rotatable bonds is 3. The van der Waals surface area contributed by atoms with E-state index in [0.29, 0.717) is 24.1 Å². The van der Waals surface area contributed by atoms with E-state index in [0.717, 1.165) is 30.3 Å². The molecule has 1 fully saturated rings. The number of aromatic nitrogens is 2. The van der Waals surface area contributed by atoms with Gasteiger partial charge in [0.1, 0.15) is 0 Å². The molecule has 1 saturated carbocycles. The first-order valence-electron chi connectivity index (χ1n) is 7.26. The minimum Gasteiger partial charge on any atom is -0.399 e. The van der Waals surface area contributed by atoms with Crippen molar-refractivity contribution in [2.45, 2.75) is 38.2 Å². The number of imidazole rings is 1. The second kappa shape index (κ2) is 4.98. The van der Waals surface area contributed by atoms with Gasteiger partial charge >= 0.3 is 0 Å². The number of aromatic amines is 1. The molecule has 2 atom stereocenters. The molecule has 108 valence electrons. The van der Waals surface area contributed by atoms with E-state index in [-0.39, 0.29) is 0 Å². The molecule has 0 saturated heterocycles. The number of H-pyrrole nitrogens is 1. The molecule has 0 spiro atoms. The number of nitrogen functional groups attached to an aromatic ring is 1. The van der Waals surface area contributed by atoms with E-state index in [2.05, 4.69) is 22.2 Å². The van der Waals surface area contributed by atoms with Crippen LogP contribution in [-0.2, 0) is 0 Å². The summed E-state index contributed by atoms with van der Waals surface area (Å²) in [6, 6.07) is 5.60. The number of nitrogens with two attached hydrogens (primary N) is 1. The molecule has 1 heterocycles. The Hall–Kier alpha value is -1.75. The van der Waals surface area contributed by atoms with Crippen LogP contribution in [-0.4, -0.2) is 27.2 Å². The monoisotopic (exact) mass is 274 g/mol. The van der Waals surface area contributed by atoms with E-state index in [1.165, 1.54) is 6.42 Å². The number of benzene rings is 1. The second-order valence-corrected chi connectivity index (χ2v) is 6.14. The lowest BCUT2D eigenvalue weighted by Gasteiger charge is -2.35. The standard InChI is InChI=1S/C15H22N4O/c1-10-3-2-6-15(20,8-10)9-17-14-18-12-5-4-11(16)7-13(12)19-14/h4-5,7,10,20H,2-3,6,8-9,16H2,1H3,(H2,17,18,19). The summed E-state index contributed by atoms with van der Waals surface area (Å²) >= 11 is 0. The molecule has 3 rings (SSSR count). The number of nitrogens with one attached hydrogen (secondary N) is 2. The van der Waals surface area contributed by atoms with Gasteiger partial charge in [-0.15, -0.1) is 0 Å². The summed E-state index contributed by atoms with van der Waals surface area (Å²) in [5.41, 5.74) is 7.65. The van der Waals surface area contributed by atoms with Crippen molar-refractivity contribution in [1.82, 2.24) is 9.97 Å². The number of anilines is 2. The van der Waals surface area contributed by atoms with Gasteiger partial charge in [-0.05, 0) is 37.0 Å². The van der Waals surface area contributed by atoms with Gasteiger partial charge in [-0.2, -0.15) is 0 Å². The van der Waals surface area contributed by atoms with Crippen molar-refractivity contribution in [2.75, 3.05) is 17.6 Å². The van der Waals surface area contributed by atoms with E-state index in [1.54, 1.807) is 0 Å². The molecule has 0 aliphatic heterocycles. The first-order valence-corrected chi connectivity index (χ1v) is 7.26. The van der Waals surface area contributed by atoms with Crippen molar-refractivity contribution in [3.8, 4) is 0 Å². The molecule has 0 amide bonds. The Morgan fingerprint density at radius 1 is 1.55 bits per heavy atom. The van der Waals surface area contributed by atoms with Gasteiger partial charge < -0.3 is 21.1 Å². The largest absolute Gasteiger partial charge is 0.399 e. The van der Waals surface area contributed by atoms with Crippen molar-refractivity contribution in [3.05, 3.63) is 18.2 Å². The molecule has 0 bridgehead atoms. The van der Waals surface area contributed by atoms with Crippen molar-refractivity contribution >= 4 is 22.7 Å². The van der Waals surface area contributed by atoms with Crippen molar-refractivity contribution < 1.29 is 5.11 Å². The van der Waals surface area contributed by atoms with Crippen LogP contribution < -0.4 is 11.1 Å². The first kappa shape index (κ1) is 13.2. The highest BCUT2D eigenvalue weighted by molar-refractivity contribution is 5.80. The zero-order valence-electron chi connectivity index (χ0n) is 11.8. The maximum Gasteiger partial charge on any atom is 0.201 e. The minimum absolute atomic E-state index is 0.534. The zero-order valence-corrected chi connectivity index (χ0v) is 11.8. The van der Waals surface area contributed by atoms with Gasteiger partial charge in [-0.1, -0.05) is 19.8 Å². The molecule has 5 nitrogen and oxygen atoms in total. The summed E-state index contributed by atoms with van der Waals surface area (Å²) in [4.78, 5) is 7.65. The van der Waals surface area contributed by atoms with Crippen LogP contribution in [0.4, 0.5) is 11.6 Å². The maximum atomic E-state index is 10.6.